The minimum atomic E-state index is -0.780. The van der Waals surface area contributed by atoms with Gasteiger partial charge in [0.15, 0.2) is 6.29 Å². The van der Waals surface area contributed by atoms with Crippen molar-refractivity contribution in [3.8, 4) is 0 Å². The van der Waals surface area contributed by atoms with Crippen LogP contribution in [0, 0.1) is 11.8 Å². The molecule has 0 aliphatic carbocycles. The van der Waals surface area contributed by atoms with E-state index in [0.717, 1.165) is 25.7 Å². The molecule has 1 saturated heterocycles. The van der Waals surface area contributed by atoms with Crippen LogP contribution < -0.4 is 5.48 Å². The number of carbonyl (C=O) groups is 1. The number of carboxylic acid groups (broad SMARTS) is 1. The van der Waals surface area contributed by atoms with Crippen LogP contribution in [0.4, 0.5) is 0 Å². The van der Waals surface area contributed by atoms with Gasteiger partial charge in [-0.2, -0.15) is 5.48 Å². The molecule has 0 bridgehead atoms. The molecule has 0 radical (unpaired) electrons. The van der Waals surface area contributed by atoms with E-state index < -0.39 is 11.9 Å². The molecule has 0 aromatic heterocycles. The average Bonchev–Trinajstić information content (AvgIpc) is 2.37. The zero-order valence-electron chi connectivity index (χ0n) is 11.5. The van der Waals surface area contributed by atoms with E-state index in [1.54, 1.807) is 0 Å². The Morgan fingerprint density at radius 1 is 1.50 bits per heavy atom. The number of rotatable bonds is 7. The van der Waals surface area contributed by atoms with Crippen molar-refractivity contribution in [2.75, 3.05) is 6.61 Å². The summed E-state index contributed by atoms with van der Waals surface area (Å²) in [6, 6.07) is -0.233. The van der Waals surface area contributed by atoms with E-state index in [0.29, 0.717) is 6.61 Å². The van der Waals surface area contributed by atoms with Gasteiger partial charge in [0.25, 0.3) is 0 Å². The molecule has 5 heteroatoms. The predicted molar refractivity (Wildman–Crippen MR) is 67.9 cm³/mol. The summed E-state index contributed by atoms with van der Waals surface area (Å²) in [5, 5.41) is 9.26. The van der Waals surface area contributed by atoms with Crippen LogP contribution in [0.15, 0.2) is 0 Å². The molecule has 18 heavy (non-hydrogen) atoms. The topological polar surface area (TPSA) is 67.8 Å². The van der Waals surface area contributed by atoms with Gasteiger partial charge in [0.05, 0.1) is 5.92 Å². The fourth-order valence-electron chi connectivity index (χ4n) is 2.26. The molecule has 4 unspecified atom stereocenters. The van der Waals surface area contributed by atoms with E-state index in [9.17, 15) is 9.90 Å². The Kier molecular flexibility index (Phi) is 6.60. The summed E-state index contributed by atoms with van der Waals surface area (Å²) >= 11 is 0. The molecule has 1 aliphatic rings. The number of hydroxylamine groups is 1. The van der Waals surface area contributed by atoms with Crippen molar-refractivity contribution in [2.24, 2.45) is 11.8 Å². The molecule has 1 rings (SSSR count). The minimum Gasteiger partial charge on any atom is -0.481 e. The highest BCUT2D eigenvalue weighted by atomic mass is 16.8. The van der Waals surface area contributed by atoms with E-state index in [1.807, 2.05) is 20.8 Å². The van der Waals surface area contributed by atoms with Crippen LogP contribution >= 0.6 is 0 Å². The summed E-state index contributed by atoms with van der Waals surface area (Å²) < 4.78 is 5.42. The second kappa shape index (κ2) is 7.71. The van der Waals surface area contributed by atoms with E-state index >= 15 is 0 Å². The Labute approximate surface area is 109 Å². The maximum Gasteiger partial charge on any atom is 0.308 e. The third-order valence-corrected chi connectivity index (χ3v) is 3.60. The zero-order valence-corrected chi connectivity index (χ0v) is 11.5. The quantitative estimate of drug-likeness (QED) is 0.686. The molecule has 2 N–H and O–H groups in total. The normalized spacial score (nSPS) is 25.4. The second-order valence-corrected chi connectivity index (χ2v) is 5.07. The fourth-order valence-corrected chi connectivity index (χ4v) is 2.26. The van der Waals surface area contributed by atoms with Crippen LogP contribution in [-0.4, -0.2) is 30.0 Å². The molecule has 106 valence electrons. The van der Waals surface area contributed by atoms with Gasteiger partial charge in [-0.1, -0.05) is 20.3 Å². The summed E-state index contributed by atoms with van der Waals surface area (Å²) in [4.78, 5) is 16.7. The molecular weight excluding hydrogens is 234 g/mol. The van der Waals surface area contributed by atoms with Crippen LogP contribution in [0.3, 0.4) is 0 Å². The van der Waals surface area contributed by atoms with Crippen LogP contribution in [0.25, 0.3) is 0 Å². The lowest BCUT2D eigenvalue weighted by atomic mass is 9.87. The Balaban J connectivity index is 2.40. The summed E-state index contributed by atoms with van der Waals surface area (Å²) in [6.07, 6.45) is 3.62. The first-order chi connectivity index (χ1) is 8.56. The molecule has 1 fully saturated rings. The summed E-state index contributed by atoms with van der Waals surface area (Å²) in [5.74, 6) is -1.11. The molecule has 5 nitrogen and oxygen atoms in total. The third-order valence-electron chi connectivity index (χ3n) is 3.60. The van der Waals surface area contributed by atoms with E-state index in [4.69, 9.17) is 9.57 Å². The van der Waals surface area contributed by atoms with Crippen LogP contribution in [0.2, 0.25) is 0 Å². The Morgan fingerprint density at radius 3 is 2.72 bits per heavy atom. The Morgan fingerprint density at radius 2 is 2.22 bits per heavy atom. The Bertz CT molecular complexity index is 253. The summed E-state index contributed by atoms with van der Waals surface area (Å²) in [6.45, 7) is 6.51. The molecule has 0 aromatic rings. The van der Waals surface area contributed by atoms with Gasteiger partial charge in [-0.3, -0.25) is 9.63 Å². The van der Waals surface area contributed by atoms with Crippen molar-refractivity contribution in [3.63, 3.8) is 0 Å². The Hall–Kier alpha value is -0.650. The smallest absolute Gasteiger partial charge is 0.308 e. The molecule has 0 amide bonds. The van der Waals surface area contributed by atoms with Gasteiger partial charge in [0, 0.05) is 19.1 Å². The van der Waals surface area contributed by atoms with Crippen LogP contribution in [0.5, 0.6) is 0 Å². The number of nitrogens with one attached hydrogen (secondary N) is 1. The van der Waals surface area contributed by atoms with Gasteiger partial charge in [0.2, 0.25) is 0 Å². The second-order valence-electron chi connectivity index (χ2n) is 5.07. The zero-order chi connectivity index (χ0) is 13.5. The lowest BCUT2D eigenvalue weighted by molar-refractivity contribution is -0.207. The molecule has 0 spiro atoms. The average molecular weight is 259 g/mol. The molecule has 1 aliphatic heterocycles. The lowest BCUT2D eigenvalue weighted by Crippen LogP contribution is -2.43. The first kappa shape index (κ1) is 15.4. The molecular formula is C13H25NO4. The monoisotopic (exact) mass is 259 g/mol. The van der Waals surface area contributed by atoms with Gasteiger partial charge in [-0.15, -0.1) is 0 Å². The maximum atomic E-state index is 11.3. The third kappa shape index (κ3) is 4.55. The van der Waals surface area contributed by atoms with Crippen LogP contribution in [-0.2, 0) is 14.4 Å². The van der Waals surface area contributed by atoms with E-state index in [2.05, 4.69) is 5.48 Å². The van der Waals surface area contributed by atoms with Gasteiger partial charge in [-0.25, -0.2) is 0 Å². The van der Waals surface area contributed by atoms with Gasteiger partial charge in [-0.05, 0) is 25.7 Å². The van der Waals surface area contributed by atoms with Gasteiger partial charge in [0.1, 0.15) is 0 Å². The number of hydrogen-bond acceptors (Lipinski definition) is 4. The summed E-state index contributed by atoms with van der Waals surface area (Å²) in [7, 11) is 0. The first-order valence-corrected chi connectivity index (χ1v) is 6.81. The lowest BCUT2D eigenvalue weighted by Gasteiger charge is -2.29. The van der Waals surface area contributed by atoms with Crippen molar-refractivity contribution in [1.29, 1.82) is 0 Å². The summed E-state index contributed by atoms with van der Waals surface area (Å²) in [5.41, 5.74) is 2.84. The molecule has 0 aromatic carbocycles. The predicted octanol–water partition coefficient (Wildman–Crippen LogP) is 2.17. The highest BCUT2D eigenvalue weighted by molar-refractivity contribution is 5.71. The standard InChI is InChI=1S/C13H25NO4/c1-4-9(2)12(13(15)16)10(3)14-18-11-7-5-6-8-17-11/h9-12,14H,4-8H2,1-3H3,(H,15,16). The number of aliphatic carboxylic acids is 1. The molecule has 0 saturated carbocycles. The van der Waals surface area contributed by atoms with Gasteiger partial charge < -0.3 is 9.84 Å². The van der Waals surface area contributed by atoms with E-state index in [-0.39, 0.29) is 18.2 Å². The number of ether oxygens (including phenoxy) is 1. The largest absolute Gasteiger partial charge is 0.481 e. The first-order valence-electron chi connectivity index (χ1n) is 6.81. The van der Waals surface area contributed by atoms with E-state index in [1.165, 1.54) is 0 Å². The van der Waals surface area contributed by atoms with Gasteiger partial charge >= 0.3 is 5.97 Å². The number of carboxylic acids is 1. The van der Waals surface area contributed by atoms with Crippen molar-refractivity contribution in [2.45, 2.75) is 58.8 Å². The van der Waals surface area contributed by atoms with Crippen molar-refractivity contribution < 1.29 is 19.5 Å². The van der Waals surface area contributed by atoms with Crippen LogP contribution in [0.1, 0.15) is 46.5 Å². The minimum absolute atomic E-state index is 0.112. The fraction of sp³-hybridized carbons (Fsp3) is 0.923. The molecule has 4 atom stereocenters. The SMILES string of the molecule is CCC(C)C(C(=O)O)C(C)NOC1CCCCO1. The van der Waals surface area contributed by atoms with Crippen molar-refractivity contribution in [3.05, 3.63) is 0 Å². The van der Waals surface area contributed by atoms with Crippen molar-refractivity contribution in [1.82, 2.24) is 5.48 Å². The molecule has 1 heterocycles. The highest BCUT2D eigenvalue weighted by Gasteiger charge is 2.30. The maximum absolute atomic E-state index is 11.3. The van der Waals surface area contributed by atoms with Crippen molar-refractivity contribution >= 4 is 5.97 Å². The highest BCUT2D eigenvalue weighted by Crippen LogP contribution is 2.20. The number of hydrogen-bond donors (Lipinski definition) is 2.